The Morgan fingerprint density at radius 1 is 1.09 bits per heavy atom. The molecule has 3 rings (SSSR count). The molecule has 1 atom stereocenters. The van der Waals surface area contributed by atoms with Crippen LogP contribution in [0.4, 0.5) is 5.69 Å². The maximum Gasteiger partial charge on any atom is 0.264 e. The molecule has 1 aliphatic heterocycles. The Bertz CT molecular complexity index is 1080. The lowest BCUT2D eigenvalue weighted by Crippen LogP contribution is -2.41. The van der Waals surface area contributed by atoms with Crippen LogP contribution in [-0.2, 0) is 21.2 Å². The minimum absolute atomic E-state index is 0.0554. The molecule has 1 N–H and O–H groups in total. The average molecular weight is 458 g/mol. The van der Waals surface area contributed by atoms with Gasteiger partial charge in [-0.25, -0.2) is 8.42 Å². The van der Waals surface area contributed by atoms with Gasteiger partial charge < -0.3 is 10.2 Å². The van der Waals surface area contributed by atoms with Gasteiger partial charge in [-0.2, -0.15) is 0 Å². The van der Waals surface area contributed by atoms with Crippen molar-refractivity contribution in [3.8, 4) is 0 Å². The molecule has 0 saturated carbocycles. The quantitative estimate of drug-likeness (QED) is 0.626. The number of benzene rings is 2. The number of anilines is 1. The smallest absolute Gasteiger partial charge is 0.264 e. The lowest BCUT2D eigenvalue weighted by atomic mass is 10.1. The van der Waals surface area contributed by atoms with Gasteiger partial charge in [0.15, 0.2) is 0 Å². The van der Waals surface area contributed by atoms with E-state index in [0.717, 1.165) is 12.0 Å². The van der Waals surface area contributed by atoms with E-state index in [2.05, 4.69) is 5.32 Å². The van der Waals surface area contributed by atoms with Gasteiger partial charge >= 0.3 is 0 Å². The molecule has 2 aromatic rings. The monoisotopic (exact) mass is 457 g/mol. The van der Waals surface area contributed by atoms with Gasteiger partial charge in [-0.3, -0.25) is 13.9 Å². The maximum atomic E-state index is 13.5. The first-order chi connectivity index (χ1) is 15.3. The van der Waals surface area contributed by atoms with Crippen molar-refractivity contribution >= 4 is 27.5 Å². The fourth-order valence-electron chi connectivity index (χ4n) is 4.01. The van der Waals surface area contributed by atoms with E-state index in [1.54, 1.807) is 12.1 Å². The molecule has 0 radical (unpaired) electrons. The van der Waals surface area contributed by atoms with Crippen LogP contribution >= 0.6 is 0 Å². The van der Waals surface area contributed by atoms with Gasteiger partial charge in [0, 0.05) is 24.7 Å². The second-order valence-electron chi connectivity index (χ2n) is 8.09. The van der Waals surface area contributed by atoms with Crippen LogP contribution in [0, 0.1) is 0 Å². The second kappa shape index (κ2) is 10.2. The molecule has 0 bridgehead atoms. The predicted octanol–water partition coefficient (Wildman–Crippen LogP) is 3.20. The molecule has 2 aromatic carbocycles. The summed E-state index contributed by atoms with van der Waals surface area (Å²) in [5, 5.41) is 2.78. The molecule has 2 amide bonds. The van der Waals surface area contributed by atoms with E-state index in [1.807, 2.05) is 45.0 Å². The van der Waals surface area contributed by atoms with Gasteiger partial charge in [-0.05, 0) is 56.0 Å². The second-order valence-corrected chi connectivity index (χ2v) is 9.90. The third-order valence-corrected chi connectivity index (χ3v) is 7.39. The van der Waals surface area contributed by atoms with Crippen molar-refractivity contribution in [2.45, 2.75) is 51.0 Å². The number of hydrogen-bond donors (Lipinski definition) is 1. The molecular weight excluding hydrogens is 426 g/mol. The molecule has 1 aliphatic rings. The topological polar surface area (TPSA) is 86.8 Å². The van der Waals surface area contributed by atoms with Crippen LogP contribution in [-0.4, -0.2) is 50.8 Å². The first-order valence-corrected chi connectivity index (χ1v) is 12.5. The fraction of sp³-hybridized carbons (Fsp3) is 0.417. The summed E-state index contributed by atoms with van der Waals surface area (Å²) >= 11 is 0. The van der Waals surface area contributed by atoms with Crippen molar-refractivity contribution in [3.05, 3.63) is 59.7 Å². The molecule has 0 aliphatic carbocycles. The van der Waals surface area contributed by atoms with Crippen LogP contribution < -0.4 is 9.62 Å². The minimum atomic E-state index is -3.85. The highest BCUT2D eigenvalue weighted by molar-refractivity contribution is 7.92. The molecule has 7 nitrogen and oxygen atoms in total. The predicted molar refractivity (Wildman–Crippen MR) is 125 cm³/mol. The van der Waals surface area contributed by atoms with Crippen LogP contribution in [0.15, 0.2) is 53.4 Å². The summed E-state index contributed by atoms with van der Waals surface area (Å²) in [5.41, 5.74) is 1.92. The Morgan fingerprint density at radius 2 is 1.84 bits per heavy atom. The van der Waals surface area contributed by atoms with Crippen molar-refractivity contribution < 1.29 is 18.0 Å². The Hall–Kier alpha value is -2.87. The largest absolute Gasteiger partial charge is 0.355 e. The van der Waals surface area contributed by atoms with Crippen molar-refractivity contribution in [3.63, 3.8) is 0 Å². The van der Waals surface area contributed by atoms with Crippen molar-refractivity contribution in [2.24, 2.45) is 0 Å². The Kier molecular flexibility index (Phi) is 7.56. The van der Waals surface area contributed by atoms with Crippen LogP contribution in [0.2, 0.25) is 0 Å². The molecule has 0 aromatic heterocycles. The summed E-state index contributed by atoms with van der Waals surface area (Å²) in [6, 6.07) is 13.4. The van der Waals surface area contributed by atoms with Crippen molar-refractivity contribution in [2.75, 3.05) is 23.9 Å². The zero-order valence-electron chi connectivity index (χ0n) is 18.9. The van der Waals surface area contributed by atoms with E-state index < -0.39 is 10.0 Å². The zero-order chi connectivity index (χ0) is 23.3. The Labute approximate surface area is 190 Å². The fourth-order valence-corrected chi connectivity index (χ4v) is 5.74. The van der Waals surface area contributed by atoms with Crippen LogP contribution in [0.3, 0.4) is 0 Å². The lowest BCUT2D eigenvalue weighted by molar-refractivity contribution is -0.121. The molecular formula is C24H31N3O4S. The normalized spacial score (nSPS) is 15.3. The average Bonchev–Trinajstić information content (AvgIpc) is 3.13. The SMILES string of the molecule is CCCNC(=O)CN(CCC)C(=O)c1cccc(S(=O)(=O)N2c3ccccc3CC2C)c1. The van der Waals surface area contributed by atoms with Gasteiger partial charge in [0.2, 0.25) is 5.91 Å². The van der Waals surface area contributed by atoms with Gasteiger partial charge in [-0.1, -0.05) is 38.1 Å². The molecule has 8 heteroatoms. The number of carbonyl (C=O) groups excluding carboxylic acids is 2. The Morgan fingerprint density at radius 3 is 2.56 bits per heavy atom. The molecule has 0 saturated heterocycles. The van der Waals surface area contributed by atoms with Gasteiger partial charge in [0.05, 0.1) is 17.1 Å². The first kappa shape index (κ1) is 23.8. The van der Waals surface area contributed by atoms with Crippen molar-refractivity contribution in [1.29, 1.82) is 0 Å². The number of amides is 2. The van der Waals surface area contributed by atoms with Gasteiger partial charge in [-0.15, -0.1) is 0 Å². The highest BCUT2D eigenvalue weighted by Crippen LogP contribution is 2.36. The molecule has 0 fully saturated rings. The molecule has 0 spiro atoms. The summed E-state index contributed by atoms with van der Waals surface area (Å²) in [6.07, 6.45) is 2.14. The number of nitrogens with zero attached hydrogens (tertiary/aromatic N) is 2. The minimum Gasteiger partial charge on any atom is -0.355 e. The van der Waals surface area contributed by atoms with E-state index in [1.165, 1.54) is 21.3 Å². The summed E-state index contributed by atoms with van der Waals surface area (Å²) < 4.78 is 28.5. The number of fused-ring (bicyclic) bond motifs is 1. The highest BCUT2D eigenvalue weighted by atomic mass is 32.2. The van der Waals surface area contributed by atoms with Crippen LogP contribution in [0.25, 0.3) is 0 Å². The molecule has 172 valence electrons. The van der Waals surface area contributed by atoms with E-state index in [-0.39, 0.29) is 34.9 Å². The number of carbonyl (C=O) groups is 2. The maximum absolute atomic E-state index is 13.5. The van der Waals surface area contributed by atoms with E-state index in [4.69, 9.17) is 0 Å². The lowest BCUT2D eigenvalue weighted by Gasteiger charge is -2.25. The van der Waals surface area contributed by atoms with E-state index in [0.29, 0.717) is 31.6 Å². The number of rotatable bonds is 9. The molecule has 1 heterocycles. The Balaban J connectivity index is 1.88. The third-order valence-electron chi connectivity index (χ3n) is 5.47. The van der Waals surface area contributed by atoms with Gasteiger partial charge in [0.25, 0.3) is 15.9 Å². The highest BCUT2D eigenvalue weighted by Gasteiger charge is 2.36. The number of hydrogen-bond acceptors (Lipinski definition) is 4. The summed E-state index contributed by atoms with van der Waals surface area (Å²) in [7, 11) is -3.85. The summed E-state index contributed by atoms with van der Waals surface area (Å²) in [4.78, 5) is 26.8. The standard InChI is InChI=1S/C24H31N3O4S/c1-4-13-25-23(28)17-26(14-5-2)24(29)20-10-8-11-21(16-20)32(30,31)27-18(3)15-19-9-6-7-12-22(19)27/h6-12,16,18H,4-5,13-15,17H2,1-3H3,(H,25,28). The van der Waals surface area contributed by atoms with Crippen molar-refractivity contribution in [1.82, 2.24) is 10.2 Å². The third kappa shape index (κ3) is 4.96. The summed E-state index contributed by atoms with van der Waals surface area (Å²) in [5.74, 6) is -0.578. The number of para-hydroxylation sites is 1. The van der Waals surface area contributed by atoms with E-state index in [9.17, 15) is 18.0 Å². The van der Waals surface area contributed by atoms with Gasteiger partial charge in [0.1, 0.15) is 0 Å². The first-order valence-electron chi connectivity index (χ1n) is 11.1. The molecule has 32 heavy (non-hydrogen) atoms. The summed E-state index contributed by atoms with van der Waals surface area (Å²) in [6.45, 7) is 6.67. The van der Waals surface area contributed by atoms with E-state index >= 15 is 0 Å². The number of nitrogens with one attached hydrogen (secondary N) is 1. The van der Waals surface area contributed by atoms with Crippen LogP contribution in [0.5, 0.6) is 0 Å². The van der Waals surface area contributed by atoms with Crippen LogP contribution in [0.1, 0.15) is 49.5 Å². The molecule has 1 unspecified atom stereocenters. The number of sulfonamides is 1. The zero-order valence-corrected chi connectivity index (χ0v) is 19.7.